The largest absolute Gasteiger partial charge is 0.491 e. The predicted molar refractivity (Wildman–Crippen MR) is 83.7 cm³/mol. The first-order chi connectivity index (χ1) is 10.2. The standard InChI is InChI=1S/C16H15ClN2O2/c1-19-15-7-6-13(21-9-8-20)10-14(15)18-16(19)11-2-4-12(17)5-3-11/h2-7,10,20H,8-9H2,1H3. The van der Waals surface area contributed by atoms with Crippen LogP contribution in [0.5, 0.6) is 5.75 Å². The van der Waals surface area contributed by atoms with Gasteiger partial charge < -0.3 is 14.4 Å². The van der Waals surface area contributed by atoms with Gasteiger partial charge in [-0.05, 0) is 36.4 Å². The van der Waals surface area contributed by atoms with Gasteiger partial charge in [0, 0.05) is 23.7 Å². The number of aryl methyl sites for hydroxylation is 1. The van der Waals surface area contributed by atoms with E-state index in [2.05, 4.69) is 4.98 Å². The van der Waals surface area contributed by atoms with Crippen molar-refractivity contribution in [2.75, 3.05) is 13.2 Å². The van der Waals surface area contributed by atoms with Crippen LogP contribution in [0.3, 0.4) is 0 Å². The van der Waals surface area contributed by atoms with Crippen LogP contribution in [-0.2, 0) is 7.05 Å². The van der Waals surface area contributed by atoms with E-state index in [9.17, 15) is 0 Å². The van der Waals surface area contributed by atoms with Gasteiger partial charge in [0.2, 0.25) is 0 Å². The van der Waals surface area contributed by atoms with Crippen LogP contribution < -0.4 is 4.74 Å². The molecule has 5 heteroatoms. The first-order valence-electron chi connectivity index (χ1n) is 6.65. The molecule has 0 saturated heterocycles. The van der Waals surface area contributed by atoms with Crippen molar-refractivity contribution in [2.45, 2.75) is 0 Å². The van der Waals surface area contributed by atoms with Crippen LogP contribution in [0.15, 0.2) is 42.5 Å². The van der Waals surface area contributed by atoms with Gasteiger partial charge in [-0.25, -0.2) is 4.98 Å². The number of aromatic nitrogens is 2. The molecule has 0 amide bonds. The van der Waals surface area contributed by atoms with Crippen LogP contribution >= 0.6 is 11.6 Å². The maximum atomic E-state index is 8.80. The lowest BCUT2D eigenvalue weighted by Crippen LogP contribution is -2.01. The Morgan fingerprint density at radius 3 is 2.67 bits per heavy atom. The van der Waals surface area contributed by atoms with Crippen molar-refractivity contribution < 1.29 is 9.84 Å². The average Bonchev–Trinajstić information content (AvgIpc) is 2.83. The maximum Gasteiger partial charge on any atom is 0.140 e. The Morgan fingerprint density at radius 2 is 1.95 bits per heavy atom. The summed E-state index contributed by atoms with van der Waals surface area (Å²) in [5, 5.41) is 9.51. The van der Waals surface area contributed by atoms with Crippen molar-refractivity contribution >= 4 is 22.6 Å². The molecular weight excluding hydrogens is 288 g/mol. The SMILES string of the molecule is Cn1c(-c2ccc(Cl)cc2)nc2cc(OCCO)ccc21. The van der Waals surface area contributed by atoms with Crippen LogP contribution in [0, 0.1) is 0 Å². The summed E-state index contributed by atoms with van der Waals surface area (Å²) in [5.74, 6) is 1.58. The summed E-state index contributed by atoms with van der Waals surface area (Å²) in [6, 6.07) is 13.3. The molecule has 0 bridgehead atoms. The number of aliphatic hydroxyl groups excluding tert-OH is 1. The predicted octanol–water partition coefficient (Wildman–Crippen LogP) is 3.26. The van der Waals surface area contributed by atoms with Gasteiger partial charge in [0.25, 0.3) is 0 Å². The molecule has 1 aromatic heterocycles. The fourth-order valence-electron chi connectivity index (χ4n) is 2.29. The van der Waals surface area contributed by atoms with E-state index < -0.39 is 0 Å². The lowest BCUT2D eigenvalue weighted by molar-refractivity contribution is 0.201. The number of rotatable bonds is 4. The van der Waals surface area contributed by atoms with Gasteiger partial charge in [-0.1, -0.05) is 11.6 Å². The van der Waals surface area contributed by atoms with Gasteiger partial charge in [-0.2, -0.15) is 0 Å². The summed E-state index contributed by atoms with van der Waals surface area (Å²) in [5.41, 5.74) is 2.89. The number of fused-ring (bicyclic) bond motifs is 1. The molecule has 0 fully saturated rings. The Bertz CT molecular complexity index is 766. The molecule has 4 nitrogen and oxygen atoms in total. The van der Waals surface area contributed by atoms with Gasteiger partial charge >= 0.3 is 0 Å². The summed E-state index contributed by atoms with van der Waals surface area (Å²) in [4.78, 5) is 4.66. The highest BCUT2D eigenvalue weighted by molar-refractivity contribution is 6.30. The van der Waals surface area contributed by atoms with Crippen LogP contribution in [0.2, 0.25) is 5.02 Å². The van der Waals surface area contributed by atoms with Crippen molar-refractivity contribution in [3.05, 3.63) is 47.5 Å². The molecule has 0 unspecified atom stereocenters. The Labute approximate surface area is 127 Å². The number of benzene rings is 2. The molecule has 0 aliphatic carbocycles. The highest BCUT2D eigenvalue weighted by atomic mass is 35.5. The van der Waals surface area contributed by atoms with Crippen molar-refractivity contribution in [3.8, 4) is 17.1 Å². The van der Waals surface area contributed by atoms with Crippen LogP contribution in [0.1, 0.15) is 0 Å². The average molecular weight is 303 g/mol. The third-order valence-corrected chi connectivity index (χ3v) is 3.57. The zero-order chi connectivity index (χ0) is 14.8. The fourth-order valence-corrected chi connectivity index (χ4v) is 2.42. The quantitative estimate of drug-likeness (QED) is 0.804. The van der Waals surface area contributed by atoms with Crippen LogP contribution in [0.25, 0.3) is 22.4 Å². The monoisotopic (exact) mass is 302 g/mol. The summed E-state index contributed by atoms with van der Waals surface area (Å²) in [7, 11) is 1.98. The molecule has 3 rings (SSSR count). The van der Waals surface area contributed by atoms with Gasteiger partial charge in [-0.15, -0.1) is 0 Å². The minimum atomic E-state index is -0.00369. The van der Waals surface area contributed by atoms with Crippen molar-refractivity contribution in [2.24, 2.45) is 7.05 Å². The number of imidazole rings is 1. The van der Waals surface area contributed by atoms with E-state index in [0.717, 1.165) is 22.4 Å². The molecule has 108 valence electrons. The number of nitrogens with zero attached hydrogens (tertiary/aromatic N) is 2. The fraction of sp³-hybridized carbons (Fsp3) is 0.188. The lowest BCUT2D eigenvalue weighted by atomic mass is 10.2. The molecule has 1 heterocycles. The van der Waals surface area contributed by atoms with Crippen LogP contribution in [0.4, 0.5) is 0 Å². The van der Waals surface area contributed by atoms with E-state index in [1.54, 1.807) is 0 Å². The number of halogens is 1. The smallest absolute Gasteiger partial charge is 0.140 e. The summed E-state index contributed by atoms with van der Waals surface area (Å²) in [6.07, 6.45) is 0. The van der Waals surface area contributed by atoms with Gasteiger partial charge in [0.05, 0.1) is 17.6 Å². The highest BCUT2D eigenvalue weighted by Gasteiger charge is 2.10. The van der Waals surface area contributed by atoms with Gasteiger partial charge in [0.1, 0.15) is 18.2 Å². The first-order valence-corrected chi connectivity index (χ1v) is 7.03. The van der Waals surface area contributed by atoms with E-state index >= 15 is 0 Å². The van der Waals surface area contributed by atoms with Crippen LogP contribution in [-0.4, -0.2) is 27.9 Å². The molecule has 2 aromatic carbocycles. The zero-order valence-electron chi connectivity index (χ0n) is 11.6. The molecule has 0 saturated carbocycles. The third kappa shape index (κ3) is 2.73. The Morgan fingerprint density at radius 1 is 1.19 bits per heavy atom. The van der Waals surface area contributed by atoms with E-state index in [0.29, 0.717) is 10.8 Å². The highest BCUT2D eigenvalue weighted by Crippen LogP contribution is 2.27. The van der Waals surface area contributed by atoms with E-state index in [1.165, 1.54) is 0 Å². The lowest BCUT2D eigenvalue weighted by Gasteiger charge is -2.04. The molecule has 3 aromatic rings. The van der Waals surface area contributed by atoms with E-state index in [-0.39, 0.29) is 13.2 Å². The Balaban J connectivity index is 2.04. The molecule has 0 spiro atoms. The summed E-state index contributed by atoms with van der Waals surface area (Å²) >= 11 is 5.92. The van der Waals surface area contributed by atoms with E-state index in [1.807, 2.05) is 54.1 Å². The van der Waals surface area contributed by atoms with E-state index in [4.69, 9.17) is 21.4 Å². The Kier molecular flexibility index (Phi) is 3.82. The number of aliphatic hydroxyl groups is 1. The zero-order valence-corrected chi connectivity index (χ0v) is 12.3. The molecule has 0 aliphatic rings. The second-order valence-electron chi connectivity index (χ2n) is 4.72. The molecule has 0 aliphatic heterocycles. The number of hydrogen-bond acceptors (Lipinski definition) is 3. The van der Waals surface area contributed by atoms with Gasteiger partial charge in [0.15, 0.2) is 0 Å². The molecule has 21 heavy (non-hydrogen) atoms. The second kappa shape index (κ2) is 5.76. The second-order valence-corrected chi connectivity index (χ2v) is 5.16. The van der Waals surface area contributed by atoms with Crippen molar-refractivity contribution in [3.63, 3.8) is 0 Å². The summed E-state index contributed by atoms with van der Waals surface area (Å²) < 4.78 is 7.45. The normalized spacial score (nSPS) is 11.0. The maximum absolute atomic E-state index is 8.80. The topological polar surface area (TPSA) is 47.3 Å². The minimum absolute atomic E-state index is 0.00369. The van der Waals surface area contributed by atoms with Gasteiger partial charge in [-0.3, -0.25) is 0 Å². The molecule has 0 radical (unpaired) electrons. The summed E-state index contributed by atoms with van der Waals surface area (Å²) in [6.45, 7) is 0.276. The number of ether oxygens (including phenoxy) is 1. The van der Waals surface area contributed by atoms with Crippen molar-refractivity contribution in [1.29, 1.82) is 0 Å². The minimum Gasteiger partial charge on any atom is -0.491 e. The first kappa shape index (κ1) is 13.9. The third-order valence-electron chi connectivity index (χ3n) is 3.31. The van der Waals surface area contributed by atoms with Crippen molar-refractivity contribution in [1.82, 2.24) is 9.55 Å². The molecule has 0 atom stereocenters. The molecule has 1 N–H and O–H groups in total. The molecular formula is C16H15ClN2O2. The number of hydrogen-bond donors (Lipinski definition) is 1. The Hall–Kier alpha value is -2.04.